The van der Waals surface area contributed by atoms with Crippen LogP contribution >= 0.6 is 0 Å². The predicted molar refractivity (Wildman–Crippen MR) is 78.4 cm³/mol. The standard InChI is InChI=1S/C15H23N3O/c1-15(19-3,13-8-5-4-6-9-13)12-17-14-16-10-7-11-18(14)2/h4-6,8-9H,7,10-12H2,1-3H3,(H,16,17). The number of aliphatic imine (C=N–C) groups is 1. The molecule has 2 rings (SSSR count). The molecule has 0 fully saturated rings. The fourth-order valence-corrected chi connectivity index (χ4v) is 2.24. The Morgan fingerprint density at radius 1 is 1.37 bits per heavy atom. The fourth-order valence-electron chi connectivity index (χ4n) is 2.24. The maximum absolute atomic E-state index is 5.71. The molecule has 0 radical (unpaired) electrons. The van der Waals surface area contributed by atoms with E-state index in [0.29, 0.717) is 6.54 Å². The molecule has 4 nitrogen and oxygen atoms in total. The lowest BCUT2D eigenvalue weighted by molar-refractivity contribution is 0.00573. The first-order valence-electron chi connectivity index (χ1n) is 6.76. The average molecular weight is 261 g/mol. The highest BCUT2D eigenvalue weighted by Crippen LogP contribution is 2.23. The van der Waals surface area contributed by atoms with E-state index in [4.69, 9.17) is 4.74 Å². The van der Waals surface area contributed by atoms with Gasteiger partial charge in [-0.1, -0.05) is 30.3 Å². The maximum Gasteiger partial charge on any atom is 0.193 e. The van der Waals surface area contributed by atoms with E-state index in [9.17, 15) is 0 Å². The van der Waals surface area contributed by atoms with Gasteiger partial charge in [-0.2, -0.15) is 0 Å². The third-order valence-corrected chi connectivity index (χ3v) is 3.69. The molecule has 1 aliphatic heterocycles. The zero-order chi connectivity index (χ0) is 13.7. The Labute approximate surface area is 115 Å². The summed E-state index contributed by atoms with van der Waals surface area (Å²) in [6.45, 7) is 4.76. The highest BCUT2D eigenvalue weighted by Gasteiger charge is 2.27. The SMILES string of the molecule is COC(C)(CNC1=NCCCN1C)c1ccccc1. The molecule has 1 heterocycles. The van der Waals surface area contributed by atoms with Gasteiger partial charge in [-0.05, 0) is 18.9 Å². The lowest BCUT2D eigenvalue weighted by Crippen LogP contribution is -2.47. The van der Waals surface area contributed by atoms with Crippen LogP contribution in [0.4, 0.5) is 0 Å². The van der Waals surface area contributed by atoms with Crippen molar-refractivity contribution in [2.45, 2.75) is 18.9 Å². The van der Waals surface area contributed by atoms with Gasteiger partial charge >= 0.3 is 0 Å². The van der Waals surface area contributed by atoms with Gasteiger partial charge in [-0.15, -0.1) is 0 Å². The molecule has 19 heavy (non-hydrogen) atoms. The average Bonchev–Trinajstić information content (AvgIpc) is 2.47. The Morgan fingerprint density at radius 2 is 2.11 bits per heavy atom. The first-order valence-corrected chi connectivity index (χ1v) is 6.76. The van der Waals surface area contributed by atoms with Gasteiger partial charge in [0.05, 0.1) is 6.54 Å². The first-order chi connectivity index (χ1) is 9.15. The van der Waals surface area contributed by atoms with Crippen molar-refractivity contribution in [1.82, 2.24) is 10.2 Å². The minimum atomic E-state index is -0.345. The lowest BCUT2D eigenvalue weighted by Gasteiger charge is -2.32. The van der Waals surface area contributed by atoms with Gasteiger partial charge in [0.25, 0.3) is 0 Å². The molecule has 0 amide bonds. The quantitative estimate of drug-likeness (QED) is 0.898. The summed E-state index contributed by atoms with van der Waals surface area (Å²) in [7, 11) is 3.82. The van der Waals surface area contributed by atoms with Crippen molar-refractivity contribution < 1.29 is 4.74 Å². The first kappa shape index (κ1) is 13.9. The molecule has 0 saturated carbocycles. The predicted octanol–water partition coefficient (Wildman–Crippen LogP) is 1.83. The van der Waals surface area contributed by atoms with Crippen LogP contribution < -0.4 is 5.32 Å². The van der Waals surface area contributed by atoms with Crippen molar-refractivity contribution in [2.24, 2.45) is 4.99 Å². The Hall–Kier alpha value is -1.55. The van der Waals surface area contributed by atoms with Crippen LogP contribution in [0.3, 0.4) is 0 Å². The molecule has 1 unspecified atom stereocenters. The van der Waals surface area contributed by atoms with Crippen molar-refractivity contribution in [3.05, 3.63) is 35.9 Å². The molecule has 0 saturated heterocycles. The molecule has 1 atom stereocenters. The van der Waals surface area contributed by atoms with E-state index < -0.39 is 0 Å². The number of benzene rings is 1. The third kappa shape index (κ3) is 3.26. The van der Waals surface area contributed by atoms with E-state index in [2.05, 4.69) is 41.3 Å². The number of rotatable bonds is 4. The molecule has 0 aliphatic carbocycles. The van der Waals surface area contributed by atoms with Crippen molar-refractivity contribution in [2.75, 3.05) is 33.8 Å². The number of hydrogen-bond donors (Lipinski definition) is 1. The van der Waals surface area contributed by atoms with Gasteiger partial charge in [0, 0.05) is 27.2 Å². The summed E-state index contributed by atoms with van der Waals surface area (Å²) < 4.78 is 5.71. The molecule has 0 bridgehead atoms. The van der Waals surface area contributed by atoms with E-state index in [-0.39, 0.29) is 5.60 Å². The van der Waals surface area contributed by atoms with Crippen LogP contribution in [-0.4, -0.2) is 44.7 Å². The second-order valence-corrected chi connectivity index (χ2v) is 5.13. The summed E-state index contributed by atoms with van der Waals surface area (Å²) in [4.78, 5) is 6.67. The molecular weight excluding hydrogens is 238 g/mol. The molecule has 104 valence electrons. The summed E-state index contributed by atoms with van der Waals surface area (Å²) in [5.74, 6) is 0.963. The van der Waals surface area contributed by atoms with Gasteiger partial charge in [-0.25, -0.2) is 0 Å². The summed E-state index contributed by atoms with van der Waals surface area (Å²) in [5, 5.41) is 3.41. The van der Waals surface area contributed by atoms with Crippen LogP contribution in [0.15, 0.2) is 35.3 Å². The summed E-state index contributed by atoms with van der Waals surface area (Å²) >= 11 is 0. The van der Waals surface area contributed by atoms with Crippen molar-refractivity contribution in [3.63, 3.8) is 0 Å². The monoisotopic (exact) mass is 261 g/mol. The van der Waals surface area contributed by atoms with E-state index in [1.807, 2.05) is 18.2 Å². The largest absolute Gasteiger partial charge is 0.372 e. The number of methoxy groups -OCH3 is 1. The Kier molecular flexibility index (Phi) is 4.43. The highest BCUT2D eigenvalue weighted by molar-refractivity contribution is 5.80. The number of ether oxygens (including phenoxy) is 1. The zero-order valence-corrected chi connectivity index (χ0v) is 12.0. The van der Waals surface area contributed by atoms with E-state index in [1.54, 1.807) is 7.11 Å². The summed E-state index contributed by atoms with van der Waals surface area (Å²) in [5.41, 5.74) is 0.825. The summed E-state index contributed by atoms with van der Waals surface area (Å²) in [6, 6.07) is 10.3. The Balaban J connectivity index is 2.05. The maximum atomic E-state index is 5.71. The normalized spacial score (nSPS) is 18.7. The Morgan fingerprint density at radius 3 is 2.74 bits per heavy atom. The third-order valence-electron chi connectivity index (χ3n) is 3.69. The lowest BCUT2D eigenvalue weighted by atomic mass is 9.96. The van der Waals surface area contributed by atoms with Crippen LogP contribution in [0, 0.1) is 0 Å². The van der Waals surface area contributed by atoms with Crippen LogP contribution in [-0.2, 0) is 10.3 Å². The molecule has 4 heteroatoms. The molecule has 1 N–H and O–H groups in total. The summed E-state index contributed by atoms with van der Waals surface area (Å²) in [6.07, 6.45) is 1.13. The van der Waals surface area contributed by atoms with Crippen molar-refractivity contribution in [3.8, 4) is 0 Å². The number of hydrogen-bond acceptors (Lipinski definition) is 4. The fraction of sp³-hybridized carbons (Fsp3) is 0.533. The van der Waals surface area contributed by atoms with Gasteiger partial charge in [-0.3, -0.25) is 4.99 Å². The highest BCUT2D eigenvalue weighted by atomic mass is 16.5. The molecule has 0 spiro atoms. The van der Waals surface area contributed by atoms with Crippen LogP contribution in [0.2, 0.25) is 0 Å². The van der Waals surface area contributed by atoms with E-state index in [1.165, 1.54) is 5.56 Å². The second-order valence-electron chi connectivity index (χ2n) is 5.13. The van der Waals surface area contributed by atoms with Gasteiger partial charge in [0.2, 0.25) is 0 Å². The molecule has 0 aromatic heterocycles. The van der Waals surface area contributed by atoms with Crippen LogP contribution in [0.1, 0.15) is 18.9 Å². The molecule has 1 aliphatic rings. The molecule has 1 aromatic carbocycles. The number of nitrogens with zero attached hydrogens (tertiary/aromatic N) is 2. The van der Waals surface area contributed by atoms with Gasteiger partial charge in [0.1, 0.15) is 5.60 Å². The topological polar surface area (TPSA) is 36.9 Å². The van der Waals surface area contributed by atoms with E-state index in [0.717, 1.165) is 25.5 Å². The van der Waals surface area contributed by atoms with Crippen molar-refractivity contribution in [1.29, 1.82) is 0 Å². The zero-order valence-electron chi connectivity index (χ0n) is 12.0. The minimum absolute atomic E-state index is 0.345. The molecule has 1 aromatic rings. The number of nitrogens with one attached hydrogen (secondary N) is 1. The smallest absolute Gasteiger partial charge is 0.193 e. The second kappa shape index (κ2) is 6.06. The van der Waals surface area contributed by atoms with E-state index >= 15 is 0 Å². The van der Waals surface area contributed by atoms with Gasteiger partial charge in [0.15, 0.2) is 5.96 Å². The minimum Gasteiger partial charge on any atom is -0.372 e. The van der Waals surface area contributed by atoms with Gasteiger partial charge < -0.3 is 15.0 Å². The Bertz CT molecular complexity index is 432. The molecular formula is C15H23N3O. The number of guanidine groups is 1. The van der Waals surface area contributed by atoms with Crippen LogP contribution in [0.5, 0.6) is 0 Å². The van der Waals surface area contributed by atoms with Crippen LogP contribution in [0.25, 0.3) is 0 Å². The van der Waals surface area contributed by atoms with Crippen molar-refractivity contribution >= 4 is 5.96 Å².